The number of aryl methyl sites for hydroxylation is 1. The number of nitrogens with zero attached hydrogens (tertiary/aromatic N) is 2. The number of ether oxygens (including phenoxy) is 1. The lowest BCUT2D eigenvalue weighted by Crippen LogP contribution is -2.56. The number of aromatic nitrogens is 2. The zero-order valence-corrected chi connectivity index (χ0v) is 17.4. The van der Waals surface area contributed by atoms with Crippen LogP contribution in [0.4, 0.5) is 0 Å². The van der Waals surface area contributed by atoms with Gasteiger partial charge in [-0.15, -0.1) is 0 Å². The maximum absolute atomic E-state index is 12.1. The van der Waals surface area contributed by atoms with E-state index >= 15 is 0 Å². The first kappa shape index (κ1) is 21.8. The van der Waals surface area contributed by atoms with Crippen molar-refractivity contribution in [3.05, 3.63) is 30.0 Å². The first-order chi connectivity index (χ1) is 14.1. The Balaban J connectivity index is 1.75. The fourth-order valence-corrected chi connectivity index (χ4v) is 3.68. The second kappa shape index (κ2) is 8.09. The van der Waals surface area contributed by atoms with Crippen molar-refractivity contribution in [3.8, 4) is 23.7 Å². The van der Waals surface area contributed by atoms with E-state index in [9.17, 15) is 13.2 Å². The van der Waals surface area contributed by atoms with Crippen molar-refractivity contribution in [2.45, 2.75) is 30.2 Å². The Hall–Kier alpha value is -2.89. The molecule has 1 saturated heterocycles. The Morgan fingerprint density at radius 1 is 1.43 bits per heavy atom. The number of rotatable bonds is 5. The van der Waals surface area contributed by atoms with Crippen LogP contribution in [0.3, 0.4) is 0 Å². The van der Waals surface area contributed by atoms with E-state index in [0.29, 0.717) is 18.7 Å². The van der Waals surface area contributed by atoms with Crippen LogP contribution in [0.5, 0.6) is 0 Å². The molecule has 1 fully saturated rings. The van der Waals surface area contributed by atoms with Crippen LogP contribution in [0.2, 0.25) is 0 Å². The van der Waals surface area contributed by atoms with Crippen LogP contribution < -0.4 is 11.2 Å². The molecule has 0 spiro atoms. The number of nitrogens with two attached hydrogens (primary N) is 1. The molecule has 1 amide bonds. The average Bonchev–Trinajstić information content (AvgIpc) is 3.08. The van der Waals surface area contributed by atoms with Crippen molar-refractivity contribution in [3.63, 3.8) is 0 Å². The van der Waals surface area contributed by atoms with Gasteiger partial charge < -0.3 is 10.5 Å². The summed E-state index contributed by atoms with van der Waals surface area (Å²) in [6.07, 6.45) is 2.64. The molecule has 0 radical (unpaired) electrons. The molecule has 0 aliphatic carbocycles. The Morgan fingerprint density at radius 2 is 2.17 bits per heavy atom. The van der Waals surface area contributed by atoms with Gasteiger partial charge in [-0.3, -0.25) is 14.7 Å². The number of carbonyl (C=O) groups excluding carboxylic acids is 1. The van der Waals surface area contributed by atoms with Crippen LogP contribution in [0.25, 0.3) is 10.9 Å². The molecule has 4 N–H and O–H groups in total. The van der Waals surface area contributed by atoms with E-state index in [2.05, 4.69) is 28.8 Å². The lowest BCUT2D eigenvalue weighted by atomic mass is 10.0. The van der Waals surface area contributed by atoms with Crippen LogP contribution in [-0.2, 0) is 25.9 Å². The number of hydroxylamine groups is 1. The van der Waals surface area contributed by atoms with Gasteiger partial charge in [0.25, 0.3) is 5.91 Å². The Morgan fingerprint density at radius 3 is 2.77 bits per heavy atom. The van der Waals surface area contributed by atoms with Crippen LogP contribution in [0, 0.1) is 23.7 Å². The Bertz CT molecular complexity index is 1210. The highest BCUT2D eigenvalue weighted by molar-refractivity contribution is 7.92. The van der Waals surface area contributed by atoms with Crippen molar-refractivity contribution < 1.29 is 23.2 Å². The van der Waals surface area contributed by atoms with Crippen molar-refractivity contribution in [2.75, 3.05) is 19.5 Å². The summed E-state index contributed by atoms with van der Waals surface area (Å²) in [4.78, 5) is 11.9. The maximum Gasteiger partial charge on any atom is 0.264 e. The topological polar surface area (TPSA) is 137 Å². The zero-order chi connectivity index (χ0) is 22.0. The first-order valence-corrected chi connectivity index (χ1v) is 11.0. The number of hydrogen-bond donors (Lipinski definition) is 3. The number of fused-ring (bicyclic) bond motifs is 1. The summed E-state index contributed by atoms with van der Waals surface area (Å²) >= 11 is 0. The van der Waals surface area contributed by atoms with Gasteiger partial charge in [0.15, 0.2) is 14.6 Å². The van der Waals surface area contributed by atoms with Gasteiger partial charge in [-0.1, -0.05) is 11.8 Å². The minimum Gasteiger partial charge on any atom is -0.375 e. The summed E-state index contributed by atoms with van der Waals surface area (Å²) in [6.45, 7) is 2.25. The molecule has 0 bridgehead atoms. The quantitative estimate of drug-likeness (QED) is 0.340. The highest BCUT2D eigenvalue weighted by atomic mass is 32.2. The van der Waals surface area contributed by atoms with E-state index in [0.717, 1.165) is 17.2 Å². The second-order valence-electron chi connectivity index (χ2n) is 7.51. The van der Waals surface area contributed by atoms with Crippen molar-refractivity contribution in [1.82, 2.24) is 15.3 Å². The summed E-state index contributed by atoms with van der Waals surface area (Å²) in [5.74, 6) is 10.4. The third-order valence-corrected chi connectivity index (χ3v) is 7.10. The van der Waals surface area contributed by atoms with Gasteiger partial charge >= 0.3 is 0 Å². The largest absolute Gasteiger partial charge is 0.375 e. The SMILES string of the molecule is C[C@@](CCn1cc2cc(C#CC#CC3(N)COC3)ccc2n1)(C(=O)NO)S(C)(=O)=O. The molecular formula is C20H22N4O5S. The number of nitrogens with one attached hydrogen (secondary N) is 1. The Kier molecular flexibility index (Phi) is 5.88. The summed E-state index contributed by atoms with van der Waals surface area (Å²) in [7, 11) is -3.77. The fourth-order valence-electron chi connectivity index (χ4n) is 2.84. The standard InChI is InChI=1S/C20H22N4O5S/c1-19(18(25)23-26,30(2,27)28)9-10-24-12-16-11-15(6-7-17(16)22-24)5-3-4-8-20(21)13-29-14-20/h6-7,11-12,26H,9-10,13-14,21H2,1-2H3,(H,23,25)/t19-/m1/s1. The maximum atomic E-state index is 12.1. The van der Waals surface area contributed by atoms with Crippen molar-refractivity contribution in [1.29, 1.82) is 0 Å². The molecule has 1 aliphatic heterocycles. The fraction of sp³-hybridized carbons (Fsp3) is 0.400. The smallest absolute Gasteiger partial charge is 0.264 e. The van der Waals surface area contributed by atoms with Gasteiger partial charge in [-0.05, 0) is 43.4 Å². The minimum absolute atomic E-state index is 0.0565. The van der Waals surface area contributed by atoms with Gasteiger partial charge in [-0.25, -0.2) is 13.9 Å². The summed E-state index contributed by atoms with van der Waals surface area (Å²) < 4.78 is 28.9. The van der Waals surface area contributed by atoms with Gasteiger partial charge in [0.2, 0.25) is 0 Å². The molecule has 1 aromatic heterocycles. The van der Waals surface area contributed by atoms with Gasteiger partial charge in [0.05, 0.1) is 18.7 Å². The minimum atomic E-state index is -3.77. The molecule has 2 heterocycles. The number of benzene rings is 1. The molecule has 0 unspecified atom stereocenters. The molecule has 9 nitrogen and oxygen atoms in total. The monoisotopic (exact) mass is 430 g/mol. The summed E-state index contributed by atoms with van der Waals surface area (Å²) in [6, 6.07) is 5.44. The third-order valence-electron chi connectivity index (χ3n) is 5.07. The molecule has 1 aliphatic rings. The number of sulfone groups is 1. The average molecular weight is 430 g/mol. The molecule has 0 saturated carbocycles. The van der Waals surface area contributed by atoms with Crippen LogP contribution in [0.15, 0.2) is 24.4 Å². The van der Waals surface area contributed by atoms with E-state index in [1.165, 1.54) is 12.4 Å². The number of carbonyl (C=O) groups is 1. The zero-order valence-electron chi connectivity index (χ0n) is 16.6. The molecule has 3 rings (SSSR count). The second-order valence-corrected chi connectivity index (χ2v) is 9.95. The molecule has 1 aromatic carbocycles. The van der Waals surface area contributed by atoms with Crippen LogP contribution >= 0.6 is 0 Å². The van der Waals surface area contributed by atoms with E-state index in [4.69, 9.17) is 15.7 Å². The first-order valence-electron chi connectivity index (χ1n) is 9.07. The van der Waals surface area contributed by atoms with Crippen molar-refractivity contribution in [2.24, 2.45) is 5.73 Å². The van der Waals surface area contributed by atoms with Crippen molar-refractivity contribution >= 4 is 26.6 Å². The molecule has 2 aromatic rings. The summed E-state index contributed by atoms with van der Waals surface area (Å²) in [5.41, 5.74) is 8.19. The van der Waals surface area contributed by atoms with Gasteiger partial charge in [-0.2, -0.15) is 5.10 Å². The highest BCUT2D eigenvalue weighted by Gasteiger charge is 2.43. The van der Waals surface area contributed by atoms with Crippen LogP contribution in [0.1, 0.15) is 18.9 Å². The normalized spacial score (nSPS) is 16.9. The van der Waals surface area contributed by atoms with E-state index in [1.54, 1.807) is 23.0 Å². The molecule has 1 atom stereocenters. The molecule has 30 heavy (non-hydrogen) atoms. The molecule has 10 heteroatoms. The third kappa shape index (κ3) is 4.48. The number of hydrogen-bond acceptors (Lipinski definition) is 7. The highest BCUT2D eigenvalue weighted by Crippen LogP contribution is 2.23. The predicted octanol–water partition coefficient (Wildman–Crippen LogP) is -0.182. The van der Waals surface area contributed by atoms with Gasteiger partial charge in [0, 0.05) is 29.9 Å². The number of amides is 1. The predicted molar refractivity (Wildman–Crippen MR) is 110 cm³/mol. The molecule has 158 valence electrons. The van der Waals surface area contributed by atoms with E-state index in [1.807, 2.05) is 6.07 Å². The lowest BCUT2D eigenvalue weighted by Gasteiger charge is -2.32. The van der Waals surface area contributed by atoms with E-state index in [-0.39, 0.29) is 13.0 Å². The lowest BCUT2D eigenvalue weighted by molar-refractivity contribution is -0.131. The molecular weight excluding hydrogens is 408 g/mol. The van der Waals surface area contributed by atoms with E-state index < -0.39 is 26.0 Å². The van der Waals surface area contributed by atoms with Crippen LogP contribution in [-0.4, -0.2) is 59.1 Å². The Labute approximate surface area is 174 Å². The summed E-state index contributed by atoms with van der Waals surface area (Å²) in [5, 5.41) is 14.1. The van der Waals surface area contributed by atoms with Gasteiger partial charge in [0.1, 0.15) is 5.54 Å².